The number of carbonyl (C=O) groups excluding carboxylic acids is 1. The summed E-state index contributed by atoms with van der Waals surface area (Å²) in [6.07, 6.45) is 3.83. The Morgan fingerprint density at radius 3 is 2.70 bits per heavy atom. The molecule has 1 aliphatic carbocycles. The summed E-state index contributed by atoms with van der Waals surface area (Å²) in [4.78, 5) is 25.1. The van der Waals surface area contributed by atoms with E-state index >= 15 is 0 Å². The number of alkyl halides is 3. The highest BCUT2D eigenvalue weighted by Crippen LogP contribution is 2.31. The number of piperidine rings is 1. The van der Waals surface area contributed by atoms with Crippen LogP contribution in [-0.2, 0) is 30.7 Å². The highest BCUT2D eigenvalue weighted by atomic mass is 32.1. The molecule has 0 radical (unpaired) electrons. The van der Waals surface area contributed by atoms with Gasteiger partial charge >= 0.3 is 12.1 Å². The van der Waals surface area contributed by atoms with E-state index in [-0.39, 0.29) is 5.91 Å². The van der Waals surface area contributed by atoms with E-state index in [1.54, 1.807) is 11.3 Å². The first-order chi connectivity index (χ1) is 15.7. The van der Waals surface area contributed by atoms with Gasteiger partial charge in [0, 0.05) is 32.4 Å². The van der Waals surface area contributed by atoms with Gasteiger partial charge in [-0.05, 0) is 68.0 Å². The number of carboxylic acid groups (broad SMARTS) is 1. The van der Waals surface area contributed by atoms with E-state index in [1.807, 2.05) is 17.9 Å². The number of nitrogens with zero attached hydrogens (tertiary/aromatic N) is 4. The van der Waals surface area contributed by atoms with Crippen LogP contribution in [-0.4, -0.2) is 63.2 Å². The largest absolute Gasteiger partial charge is 0.490 e. The molecule has 2 aliphatic rings. The Balaban J connectivity index is 0.000000383. The quantitative estimate of drug-likeness (QED) is 0.672. The molecule has 33 heavy (non-hydrogen) atoms. The van der Waals surface area contributed by atoms with Gasteiger partial charge in [-0.1, -0.05) is 5.21 Å². The third-order valence-corrected chi connectivity index (χ3v) is 6.79. The van der Waals surface area contributed by atoms with Crippen LogP contribution in [0.15, 0.2) is 11.6 Å². The zero-order valence-corrected chi connectivity index (χ0v) is 19.2. The van der Waals surface area contributed by atoms with E-state index < -0.39 is 12.1 Å². The monoisotopic (exact) mass is 487 g/mol. The van der Waals surface area contributed by atoms with Crippen molar-refractivity contribution >= 4 is 23.2 Å². The molecular formula is C21H28F3N5O3S. The van der Waals surface area contributed by atoms with Crippen LogP contribution in [0.1, 0.15) is 52.2 Å². The van der Waals surface area contributed by atoms with Crippen molar-refractivity contribution < 1.29 is 27.9 Å². The summed E-state index contributed by atoms with van der Waals surface area (Å²) in [7, 11) is 1.91. The van der Waals surface area contributed by atoms with Gasteiger partial charge in [0.25, 0.3) is 5.91 Å². The summed E-state index contributed by atoms with van der Waals surface area (Å²) in [5.74, 6) is -2.06. The van der Waals surface area contributed by atoms with Crippen molar-refractivity contribution in [2.75, 3.05) is 20.1 Å². The van der Waals surface area contributed by atoms with Gasteiger partial charge in [-0.3, -0.25) is 9.48 Å². The minimum Gasteiger partial charge on any atom is -0.475 e. The van der Waals surface area contributed by atoms with Crippen molar-refractivity contribution in [3.8, 4) is 0 Å². The fraction of sp³-hybridized carbons (Fsp3) is 0.619. The normalized spacial score (nSPS) is 18.3. The van der Waals surface area contributed by atoms with Crippen LogP contribution < -0.4 is 5.32 Å². The van der Waals surface area contributed by atoms with Gasteiger partial charge in [0.05, 0.1) is 10.6 Å². The van der Waals surface area contributed by atoms with Crippen LogP contribution in [0.2, 0.25) is 0 Å². The number of carboxylic acids is 1. The Bertz CT molecular complexity index is 959. The summed E-state index contributed by atoms with van der Waals surface area (Å²) in [5, 5.41) is 20.8. The Kier molecular flexibility index (Phi) is 8.46. The van der Waals surface area contributed by atoms with Crippen molar-refractivity contribution in [3.05, 3.63) is 33.3 Å². The molecule has 12 heteroatoms. The second-order valence-electron chi connectivity index (χ2n) is 8.30. The fourth-order valence-electron chi connectivity index (χ4n) is 4.20. The molecule has 3 heterocycles. The number of fused-ring (bicyclic) bond motifs is 1. The molecule has 1 saturated heterocycles. The molecular weight excluding hydrogens is 459 g/mol. The number of carbonyl (C=O) groups is 2. The number of nitrogens with one attached hydrogen (secondary N) is 1. The van der Waals surface area contributed by atoms with Gasteiger partial charge in [0.15, 0.2) is 0 Å². The van der Waals surface area contributed by atoms with Crippen molar-refractivity contribution in [2.24, 2.45) is 5.92 Å². The summed E-state index contributed by atoms with van der Waals surface area (Å²) in [5.41, 5.74) is 3.71. The average Bonchev–Trinajstić information content (AvgIpc) is 3.40. The lowest BCUT2D eigenvalue weighted by Crippen LogP contribution is -2.41. The standard InChI is InChI=1S/C19H27N5OS.C2HF3O2/c1-20-9-16-12-24(22-21-16)11-14-5-4-8-23(10-14)19(25)18-17-7-3-2-6-15(17)13-26-18;3-2(4,5)1(6)7/h12-14,20H,2-11H2,1H3;(H,6,7). The molecule has 1 amide bonds. The maximum absolute atomic E-state index is 13.1. The zero-order valence-electron chi connectivity index (χ0n) is 18.4. The third-order valence-electron chi connectivity index (χ3n) is 5.74. The van der Waals surface area contributed by atoms with Crippen LogP contribution in [0.3, 0.4) is 0 Å². The Hall–Kier alpha value is -2.47. The first kappa shape index (κ1) is 25.2. The summed E-state index contributed by atoms with van der Waals surface area (Å²) >= 11 is 1.66. The lowest BCUT2D eigenvalue weighted by Gasteiger charge is -2.32. The summed E-state index contributed by atoms with van der Waals surface area (Å²) in [6.45, 7) is 3.28. The predicted octanol–water partition coefficient (Wildman–Crippen LogP) is 3.12. The summed E-state index contributed by atoms with van der Waals surface area (Å²) < 4.78 is 33.7. The van der Waals surface area contributed by atoms with E-state index in [0.717, 1.165) is 62.4 Å². The lowest BCUT2D eigenvalue weighted by molar-refractivity contribution is -0.192. The third kappa shape index (κ3) is 6.76. The topological polar surface area (TPSA) is 100 Å². The number of aryl methyl sites for hydroxylation is 1. The molecule has 2 aromatic rings. The van der Waals surface area contributed by atoms with Crippen LogP contribution in [0.4, 0.5) is 13.2 Å². The maximum atomic E-state index is 13.1. The second kappa shape index (κ2) is 11.1. The molecule has 1 unspecified atom stereocenters. The highest BCUT2D eigenvalue weighted by molar-refractivity contribution is 7.12. The van der Waals surface area contributed by atoms with Gasteiger partial charge < -0.3 is 15.3 Å². The van der Waals surface area contributed by atoms with Crippen molar-refractivity contribution in [3.63, 3.8) is 0 Å². The molecule has 0 spiro atoms. The maximum Gasteiger partial charge on any atom is 0.490 e. The number of hydrogen-bond donors (Lipinski definition) is 2. The van der Waals surface area contributed by atoms with Crippen molar-refractivity contribution in [1.29, 1.82) is 0 Å². The predicted molar refractivity (Wildman–Crippen MR) is 116 cm³/mol. The average molecular weight is 488 g/mol. The number of likely N-dealkylation sites (tertiary alicyclic amines) is 1. The number of thiophene rings is 1. The molecule has 0 aromatic carbocycles. The van der Waals surface area contributed by atoms with E-state index in [4.69, 9.17) is 9.90 Å². The van der Waals surface area contributed by atoms with Gasteiger partial charge in [0.1, 0.15) is 0 Å². The number of halogens is 3. The van der Waals surface area contributed by atoms with E-state index in [9.17, 15) is 18.0 Å². The zero-order chi connectivity index (χ0) is 24.0. The van der Waals surface area contributed by atoms with E-state index in [1.165, 1.54) is 24.0 Å². The molecule has 2 aromatic heterocycles. The Morgan fingerprint density at radius 1 is 1.27 bits per heavy atom. The van der Waals surface area contributed by atoms with E-state index in [2.05, 4.69) is 25.9 Å². The molecule has 182 valence electrons. The smallest absolute Gasteiger partial charge is 0.475 e. The fourth-order valence-corrected chi connectivity index (χ4v) is 5.32. The molecule has 0 bridgehead atoms. The Morgan fingerprint density at radius 2 is 2.00 bits per heavy atom. The minimum atomic E-state index is -5.08. The van der Waals surface area contributed by atoms with Crippen LogP contribution in [0.5, 0.6) is 0 Å². The van der Waals surface area contributed by atoms with Gasteiger partial charge in [-0.25, -0.2) is 4.79 Å². The molecule has 2 N–H and O–H groups in total. The highest BCUT2D eigenvalue weighted by Gasteiger charge is 2.38. The van der Waals surface area contributed by atoms with Gasteiger partial charge in [-0.2, -0.15) is 13.2 Å². The van der Waals surface area contributed by atoms with Crippen LogP contribution in [0, 0.1) is 5.92 Å². The number of amides is 1. The number of hydrogen-bond acceptors (Lipinski definition) is 6. The van der Waals surface area contributed by atoms with E-state index in [0.29, 0.717) is 5.92 Å². The molecule has 1 atom stereocenters. The first-order valence-electron chi connectivity index (χ1n) is 10.9. The molecule has 4 rings (SSSR count). The Labute approximate surface area is 193 Å². The molecule has 1 aliphatic heterocycles. The second-order valence-corrected chi connectivity index (χ2v) is 9.18. The molecule has 1 fully saturated rings. The molecule has 0 saturated carbocycles. The SMILES string of the molecule is CNCc1cn(CC2CCCN(C(=O)c3scc4c3CCCC4)C2)nn1.O=C(O)C(F)(F)F. The van der Waals surface area contributed by atoms with Crippen LogP contribution >= 0.6 is 11.3 Å². The first-order valence-corrected chi connectivity index (χ1v) is 11.8. The number of aliphatic carboxylic acids is 1. The number of rotatable bonds is 5. The van der Waals surface area contributed by atoms with Crippen molar-refractivity contribution in [2.45, 2.75) is 57.8 Å². The van der Waals surface area contributed by atoms with Crippen molar-refractivity contribution in [1.82, 2.24) is 25.2 Å². The van der Waals surface area contributed by atoms with Crippen LogP contribution in [0.25, 0.3) is 0 Å². The van der Waals surface area contributed by atoms with Gasteiger partial charge in [0.2, 0.25) is 0 Å². The van der Waals surface area contributed by atoms with Gasteiger partial charge in [-0.15, -0.1) is 16.4 Å². The number of aromatic nitrogens is 3. The lowest BCUT2D eigenvalue weighted by atomic mass is 9.93. The summed E-state index contributed by atoms with van der Waals surface area (Å²) in [6, 6.07) is 0. The molecule has 8 nitrogen and oxygen atoms in total. The minimum absolute atomic E-state index is 0.248.